The molecule has 3 N–H and O–H groups in total. The SMILES string of the molecule is CC(C)(N)CC(=O)Nc1ccc(Cl)cc1C(F)(F)F. The molecular weight excluding hydrogens is 281 g/mol. The molecule has 0 aliphatic rings. The highest BCUT2D eigenvalue weighted by atomic mass is 35.5. The van der Waals surface area contributed by atoms with Crippen molar-refractivity contribution in [3.63, 3.8) is 0 Å². The average Bonchev–Trinajstić information content (AvgIpc) is 2.16. The zero-order valence-corrected chi connectivity index (χ0v) is 11.2. The van der Waals surface area contributed by atoms with Crippen LogP contribution in [-0.2, 0) is 11.0 Å². The fourth-order valence-electron chi connectivity index (χ4n) is 1.47. The molecule has 0 atom stereocenters. The minimum Gasteiger partial charge on any atom is -0.325 e. The second-order valence-corrected chi connectivity index (χ2v) is 5.34. The van der Waals surface area contributed by atoms with Crippen LogP contribution in [0.15, 0.2) is 18.2 Å². The summed E-state index contributed by atoms with van der Waals surface area (Å²) in [5.74, 6) is -0.583. The summed E-state index contributed by atoms with van der Waals surface area (Å²) >= 11 is 5.53. The van der Waals surface area contributed by atoms with Gasteiger partial charge in [-0.3, -0.25) is 4.79 Å². The fraction of sp³-hybridized carbons (Fsp3) is 0.417. The molecule has 0 aromatic heterocycles. The number of halogens is 4. The Labute approximate surface area is 113 Å². The number of hydrogen-bond donors (Lipinski definition) is 2. The second kappa shape index (κ2) is 5.38. The normalized spacial score (nSPS) is 12.4. The van der Waals surface area contributed by atoms with E-state index in [2.05, 4.69) is 5.32 Å². The van der Waals surface area contributed by atoms with Crippen LogP contribution in [0.5, 0.6) is 0 Å². The number of hydrogen-bond acceptors (Lipinski definition) is 2. The predicted octanol–water partition coefficient (Wildman–Crippen LogP) is 3.42. The third kappa shape index (κ3) is 5.08. The van der Waals surface area contributed by atoms with Crippen LogP contribution in [0.4, 0.5) is 18.9 Å². The van der Waals surface area contributed by atoms with Gasteiger partial charge in [-0.05, 0) is 32.0 Å². The van der Waals surface area contributed by atoms with Crippen LogP contribution in [0.25, 0.3) is 0 Å². The van der Waals surface area contributed by atoms with E-state index in [1.807, 2.05) is 0 Å². The van der Waals surface area contributed by atoms with Gasteiger partial charge in [-0.1, -0.05) is 11.6 Å². The van der Waals surface area contributed by atoms with Crippen molar-refractivity contribution in [2.24, 2.45) is 5.73 Å². The summed E-state index contributed by atoms with van der Waals surface area (Å²) in [6, 6.07) is 3.16. The molecule has 1 aromatic carbocycles. The summed E-state index contributed by atoms with van der Waals surface area (Å²) < 4.78 is 38.3. The molecule has 1 rings (SSSR count). The van der Waals surface area contributed by atoms with Gasteiger partial charge in [-0.2, -0.15) is 13.2 Å². The summed E-state index contributed by atoms with van der Waals surface area (Å²) in [4.78, 5) is 11.6. The van der Waals surface area contributed by atoms with Crippen LogP contribution in [0.2, 0.25) is 5.02 Å². The Morgan fingerprint density at radius 3 is 2.42 bits per heavy atom. The molecule has 19 heavy (non-hydrogen) atoms. The summed E-state index contributed by atoms with van der Waals surface area (Å²) in [5, 5.41) is 2.15. The van der Waals surface area contributed by atoms with Crippen LogP contribution in [0, 0.1) is 0 Å². The zero-order chi connectivity index (χ0) is 14.8. The molecule has 0 heterocycles. The quantitative estimate of drug-likeness (QED) is 0.897. The van der Waals surface area contributed by atoms with E-state index in [4.69, 9.17) is 17.3 Å². The van der Waals surface area contributed by atoms with E-state index in [9.17, 15) is 18.0 Å². The van der Waals surface area contributed by atoms with Crippen molar-refractivity contribution in [1.29, 1.82) is 0 Å². The molecule has 7 heteroatoms. The van der Waals surface area contributed by atoms with Crippen molar-refractivity contribution in [1.82, 2.24) is 0 Å². The molecule has 0 unspecified atom stereocenters. The predicted molar refractivity (Wildman–Crippen MR) is 68.0 cm³/mol. The minimum absolute atomic E-state index is 0.0514. The van der Waals surface area contributed by atoms with Crippen LogP contribution < -0.4 is 11.1 Å². The molecule has 1 aromatic rings. The van der Waals surface area contributed by atoms with E-state index in [-0.39, 0.29) is 17.1 Å². The van der Waals surface area contributed by atoms with Gasteiger partial charge in [0.05, 0.1) is 11.3 Å². The van der Waals surface area contributed by atoms with Crippen molar-refractivity contribution in [2.45, 2.75) is 32.0 Å². The van der Waals surface area contributed by atoms with Gasteiger partial charge in [0.2, 0.25) is 5.91 Å². The van der Waals surface area contributed by atoms with Gasteiger partial charge in [0.25, 0.3) is 0 Å². The number of nitrogens with one attached hydrogen (secondary N) is 1. The Morgan fingerprint density at radius 1 is 1.37 bits per heavy atom. The minimum atomic E-state index is -4.59. The van der Waals surface area contributed by atoms with E-state index < -0.39 is 23.2 Å². The number of rotatable bonds is 3. The molecule has 106 valence electrons. The maximum absolute atomic E-state index is 12.8. The van der Waals surface area contributed by atoms with Crippen molar-refractivity contribution < 1.29 is 18.0 Å². The first kappa shape index (κ1) is 15.8. The number of nitrogens with two attached hydrogens (primary N) is 1. The van der Waals surface area contributed by atoms with Gasteiger partial charge in [0, 0.05) is 17.0 Å². The Bertz CT molecular complexity index is 481. The summed E-state index contributed by atoms with van der Waals surface area (Å²) in [7, 11) is 0. The van der Waals surface area contributed by atoms with Gasteiger partial charge in [0.1, 0.15) is 0 Å². The molecule has 0 aliphatic carbocycles. The highest BCUT2D eigenvalue weighted by molar-refractivity contribution is 6.30. The Balaban J connectivity index is 2.99. The van der Waals surface area contributed by atoms with E-state index in [1.54, 1.807) is 13.8 Å². The lowest BCUT2D eigenvalue weighted by Gasteiger charge is -2.19. The highest BCUT2D eigenvalue weighted by Gasteiger charge is 2.34. The summed E-state index contributed by atoms with van der Waals surface area (Å²) in [6.07, 6.45) is -4.68. The van der Waals surface area contributed by atoms with E-state index in [1.165, 1.54) is 6.07 Å². The average molecular weight is 295 g/mol. The largest absolute Gasteiger partial charge is 0.418 e. The van der Waals surface area contributed by atoms with Gasteiger partial charge in [0.15, 0.2) is 0 Å². The van der Waals surface area contributed by atoms with Gasteiger partial charge in [-0.25, -0.2) is 0 Å². The lowest BCUT2D eigenvalue weighted by atomic mass is 10.0. The van der Waals surface area contributed by atoms with Gasteiger partial charge >= 0.3 is 6.18 Å². The molecule has 0 bridgehead atoms. The molecule has 3 nitrogen and oxygen atoms in total. The first-order valence-electron chi connectivity index (χ1n) is 5.44. The smallest absolute Gasteiger partial charge is 0.325 e. The van der Waals surface area contributed by atoms with Crippen molar-refractivity contribution in [2.75, 3.05) is 5.32 Å². The maximum Gasteiger partial charge on any atom is 0.418 e. The number of anilines is 1. The van der Waals surface area contributed by atoms with Gasteiger partial charge < -0.3 is 11.1 Å². The first-order valence-corrected chi connectivity index (χ1v) is 5.82. The molecule has 0 radical (unpaired) electrons. The molecular formula is C12H14ClF3N2O. The lowest BCUT2D eigenvalue weighted by molar-refractivity contribution is -0.137. The van der Waals surface area contributed by atoms with Gasteiger partial charge in [-0.15, -0.1) is 0 Å². The number of alkyl halides is 3. The molecule has 1 amide bonds. The standard InChI is InChI=1S/C12H14ClF3N2O/c1-11(2,17)6-10(19)18-9-4-3-7(13)5-8(9)12(14,15)16/h3-5H,6,17H2,1-2H3,(H,18,19). The van der Waals surface area contributed by atoms with Crippen LogP contribution in [0.1, 0.15) is 25.8 Å². The number of carbonyl (C=O) groups is 1. The topological polar surface area (TPSA) is 55.1 Å². The number of benzene rings is 1. The van der Waals surface area contributed by atoms with Crippen LogP contribution in [-0.4, -0.2) is 11.4 Å². The zero-order valence-electron chi connectivity index (χ0n) is 10.4. The Kier molecular flexibility index (Phi) is 4.47. The fourth-order valence-corrected chi connectivity index (χ4v) is 1.64. The molecule has 0 fully saturated rings. The van der Waals surface area contributed by atoms with Crippen molar-refractivity contribution in [3.8, 4) is 0 Å². The Morgan fingerprint density at radius 2 is 1.95 bits per heavy atom. The van der Waals surface area contributed by atoms with Crippen LogP contribution in [0.3, 0.4) is 0 Å². The maximum atomic E-state index is 12.8. The van der Waals surface area contributed by atoms with E-state index >= 15 is 0 Å². The summed E-state index contributed by atoms with van der Waals surface area (Å²) in [6.45, 7) is 3.22. The number of amides is 1. The van der Waals surface area contributed by atoms with E-state index in [0.717, 1.165) is 12.1 Å². The molecule has 0 saturated carbocycles. The molecule has 0 saturated heterocycles. The van der Waals surface area contributed by atoms with Crippen molar-refractivity contribution in [3.05, 3.63) is 28.8 Å². The summed E-state index contributed by atoms with van der Waals surface area (Å²) in [5.41, 5.74) is 3.53. The lowest BCUT2D eigenvalue weighted by Crippen LogP contribution is -2.36. The molecule has 0 spiro atoms. The monoisotopic (exact) mass is 294 g/mol. The highest BCUT2D eigenvalue weighted by Crippen LogP contribution is 2.36. The molecule has 0 aliphatic heterocycles. The van der Waals surface area contributed by atoms with E-state index in [0.29, 0.717) is 0 Å². The third-order valence-electron chi connectivity index (χ3n) is 2.18. The Hall–Kier alpha value is -1.27. The third-order valence-corrected chi connectivity index (χ3v) is 2.41. The van der Waals surface area contributed by atoms with Crippen LogP contribution >= 0.6 is 11.6 Å². The first-order chi connectivity index (χ1) is 8.49. The van der Waals surface area contributed by atoms with Crippen molar-refractivity contribution >= 4 is 23.2 Å². The number of carbonyl (C=O) groups excluding carboxylic acids is 1. The second-order valence-electron chi connectivity index (χ2n) is 4.90.